The average molecular weight is 953 g/mol. The predicted octanol–water partition coefficient (Wildman–Crippen LogP) is 6.78. The number of nitrogens with zero attached hydrogens (tertiary/aromatic N) is 7. The Balaban J connectivity index is 0.000000204. The number of likely N-dealkylation sites (tertiary alicyclic amines) is 1. The van der Waals surface area contributed by atoms with Crippen molar-refractivity contribution in [3.8, 4) is 34.5 Å². The zero-order valence-corrected chi connectivity index (χ0v) is 41.8. The van der Waals surface area contributed by atoms with Gasteiger partial charge in [0.25, 0.3) is 0 Å². The van der Waals surface area contributed by atoms with Gasteiger partial charge in [-0.1, -0.05) is 0 Å². The molecule has 0 unspecified atom stereocenters. The maximum atomic E-state index is 6.01. The SMILES string of the molecule is COc1cc2nc(NC3CCN(Cc4cc(OC(C)C)cc(OC(C)C)c4)CC3)nc(N3CCOCC3)c2cc1OC.COc1cc2nc(NC3CCNCC3)nc(N3CCOCC3)c2cc1OC. The van der Waals surface area contributed by atoms with Gasteiger partial charge in [0, 0.05) is 86.9 Å². The molecule has 374 valence electrons. The highest BCUT2D eigenvalue weighted by Crippen LogP contribution is 2.38. The van der Waals surface area contributed by atoms with Gasteiger partial charge >= 0.3 is 0 Å². The topological polar surface area (TPSA) is 171 Å². The van der Waals surface area contributed by atoms with E-state index in [1.54, 1.807) is 28.4 Å². The van der Waals surface area contributed by atoms with Crippen LogP contribution < -0.4 is 54.2 Å². The molecule has 3 N–H and O–H groups in total. The summed E-state index contributed by atoms with van der Waals surface area (Å²) in [6.07, 6.45) is 4.35. The number of hydrogen-bond acceptors (Lipinski definition) is 18. The maximum absolute atomic E-state index is 6.01. The fourth-order valence-electron chi connectivity index (χ4n) is 9.27. The minimum Gasteiger partial charge on any atom is -0.493 e. The molecule has 18 heteroatoms. The van der Waals surface area contributed by atoms with Crippen molar-refractivity contribution in [3.05, 3.63) is 48.0 Å². The summed E-state index contributed by atoms with van der Waals surface area (Å²) in [6, 6.07) is 14.7. The van der Waals surface area contributed by atoms with Gasteiger partial charge in [-0.15, -0.1) is 0 Å². The monoisotopic (exact) mass is 953 g/mol. The van der Waals surface area contributed by atoms with Crippen LogP contribution in [0.1, 0.15) is 58.9 Å². The first-order valence-electron chi connectivity index (χ1n) is 24.6. The summed E-state index contributed by atoms with van der Waals surface area (Å²) >= 11 is 0. The van der Waals surface area contributed by atoms with Crippen molar-refractivity contribution < 1.29 is 37.9 Å². The Morgan fingerprint density at radius 3 is 1.39 bits per heavy atom. The summed E-state index contributed by atoms with van der Waals surface area (Å²) in [5, 5.41) is 12.5. The molecule has 4 aliphatic heterocycles. The summed E-state index contributed by atoms with van der Waals surface area (Å²) in [4.78, 5) is 26.6. The molecular weight excluding hydrogens is 881 g/mol. The average Bonchev–Trinajstić information content (AvgIpc) is 3.36. The van der Waals surface area contributed by atoms with Gasteiger partial charge in [0.05, 0.1) is 78.1 Å². The molecule has 0 spiro atoms. The zero-order chi connectivity index (χ0) is 48.3. The molecule has 4 fully saturated rings. The van der Waals surface area contributed by atoms with Crippen molar-refractivity contribution in [2.75, 3.05) is 128 Å². The van der Waals surface area contributed by atoms with Crippen LogP contribution in [0, 0.1) is 0 Å². The van der Waals surface area contributed by atoms with Crippen LogP contribution in [0.3, 0.4) is 0 Å². The van der Waals surface area contributed by atoms with Crippen LogP contribution in [0.2, 0.25) is 0 Å². The minimum absolute atomic E-state index is 0.109. The molecule has 5 aromatic rings. The summed E-state index contributed by atoms with van der Waals surface area (Å²) in [6.45, 7) is 19.0. The third-order valence-corrected chi connectivity index (χ3v) is 12.7. The van der Waals surface area contributed by atoms with Crippen LogP contribution in [0.4, 0.5) is 23.5 Å². The van der Waals surface area contributed by atoms with Crippen molar-refractivity contribution in [2.24, 2.45) is 0 Å². The molecule has 4 aliphatic rings. The van der Waals surface area contributed by atoms with Crippen LogP contribution in [0.5, 0.6) is 34.5 Å². The summed E-state index contributed by atoms with van der Waals surface area (Å²) in [5.74, 6) is 7.51. The highest BCUT2D eigenvalue weighted by Gasteiger charge is 2.25. The van der Waals surface area contributed by atoms with Crippen molar-refractivity contribution in [1.82, 2.24) is 30.2 Å². The molecule has 0 radical (unpaired) electrons. The van der Waals surface area contributed by atoms with Crippen LogP contribution >= 0.6 is 0 Å². The number of anilines is 4. The first-order valence-corrected chi connectivity index (χ1v) is 24.6. The molecule has 9 rings (SSSR count). The second-order valence-electron chi connectivity index (χ2n) is 18.4. The second-order valence-corrected chi connectivity index (χ2v) is 18.4. The van der Waals surface area contributed by atoms with E-state index in [-0.39, 0.29) is 18.2 Å². The number of ether oxygens (including phenoxy) is 8. The van der Waals surface area contributed by atoms with Crippen LogP contribution in [0.25, 0.3) is 21.8 Å². The van der Waals surface area contributed by atoms with Crippen LogP contribution in [-0.2, 0) is 16.0 Å². The standard InChI is InChI=1S/C32H45N5O5.C19H27N5O3/c1-21(2)41-25-15-23(16-26(17-25)42-22(3)4)20-36-9-7-24(8-10-36)33-32-34-28-19-30(39-6)29(38-5)18-27(28)31(35-32)37-11-13-40-14-12-37;1-25-16-11-14-15(12-17(16)26-2)22-19(21-13-3-5-20-6-4-13)23-18(14)24-7-9-27-10-8-24/h15-19,21-22,24H,7-14,20H2,1-6H3,(H,33,34,35);11-13,20H,3-10H2,1-2H3,(H,21,22,23). The number of benzene rings is 3. The van der Waals surface area contributed by atoms with E-state index in [0.717, 1.165) is 130 Å². The lowest BCUT2D eigenvalue weighted by Crippen LogP contribution is -2.39. The molecule has 6 heterocycles. The normalized spacial score (nSPS) is 17.4. The van der Waals surface area contributed by atoms with Crippen molar-refractivity contribution >= 4 is 45.3 Å². The minimum atomic E-state index is 0.109. The molecule has 2 aromatic heterocycles. The lowest BCUT2D eigenvalue weighted by molar-refractivity contribution is 0.122. The summed E-state index contributed by atoms with van der Waals surface area (Å²) in [7, 11) is 6.58. The Morgan fingerprint density at radius 1 is 0.551 bits per heavy atom. The number of nitrogens with one attached hydrogen (secondary N) is 3. The van der Waals surface area contributed by atoms with Crippen LogP contribution in [-0.4, -0.2) is 156 Å². The highest BCUT2D eigenvalue weighted by molar-refractivity contribution is 5.94. The quantitative estimate of drug-likeness (QED) is 0.0945. The number of hydrogen-bond donors (Lipinski definition) is 3. The molecule has 0 saturated carbocycles. The van der Waals surface area contributed by atoms with Gasteiger partial charge in [0.2, 0.25) is 11.9 Å². The van der Waals surface area contributed by atoms with E-state index in [9.17, 15) is 0 Å². The number of fused-ring (bicyclic) bond motifs is 2. The lowest BCUT2D eigenvalue weighted by atomic mass is 10.0. The molecule has 3 aromatic carbocycles. The van der Waals surface area contributed by atoms with E-state index in [1.807, 2.05) is 58.0 Å². The van der Waals surface area contributed by atoms with E-state index >= 15 is 0 Å². The highest BCUT2D eigenvalue weighted by atomic mass is 16.5. The van der Waals surface area contributed by atoms with E-state index in [1.165, 1.54) is 5.56 Å². The third kappa shape index (κ3) is 12.9. The zero-order valence-electron chi connectivity index (χ0n) is 41.8. The van der Waals surface area contributed by atoms with Gasteiger partial charge in [0.15, 0.2) is 23.0 Å². The second kappa shape index (κ2) is 23.7. The van der Waals surface area contributed by atoms with Crippen molar-refractivity contribution in [1.29, 1.82) is 0 Å². The van der Waals surface area contributed by atoms with E-state index in [0.29, 0.717) is 67.4 Å². The largest absolute Gasteiger partial charge is 0.493 e. The molecular formula is C51H72N10O8. The third-order valence-electron chi connectivity index (χ3n) is 12.7. The molecule has 0 aliphatic carbocycles. The van der Waals surface area contributed by atoms with Gasteiger partial charge in [-0.2, -0.15) is 9.97 Å². The predicted molar refractivity (Wildman–Crippen MR) is 271 cm³/mol. The molecule has 0 atom stereocenters. The first kappa shape index (κ1) is 49.6. The number of aromatic nitrogens is 4. The number of rotatable bonds is 16. The van der Waals surface area contributed by atoms with Gasteiger partial charge in [-0.05, 0) is 96.3 Å². The van der Waals surface area contributed by atoms with E-state index in [4.69, 9.17) is 57.8 Å². The van der Waals surface area contributed by atoms with Gasteiger partial charge < -0.3 is 63.6 Å². The summed E-state index contributed by atoms with van der Waals surface area (Å²) in [5.41, 5.74) is 2.88. The summed E-state index contributed by atoms with van der Waals surface area (Å²) < 4.78 is 45.3. The fraction of sp³-hybridized carbons (Fsp3) is 0.569. The van der Waals surface area contributed by atoms with Crippen LogP contribution in [0.15, 0.2) is 42.5 Å². The Kier molecular flexibility index (Phi) is 17.0. The smallest absolute Gasteiger partial charge is 0.225 e. The number of methoxy groups -OCH3 is 4. The van der Waals surface area contributed by atoms with Crippen molar-refractivity contribution in [3.63, 3.8) is 0 Å². The van der Waals surface area contributed by atoms with Gasteiger partial charge in [-0.25, -0.2) is 9.97 Å². The molecule has 0 bridgehead atoms. The Morgan fingerprint density at radius 2 is 0.971 bits per heavy atom. The molecule has 4 saturated heterocycles. The van der Waals surface area contributed by atoms with E-state index in [2.05, 4.69) is 42.8 Å². The first-order chi connectivity index (χ1) is 33.6. The lowest BCUT2D eigenvalue weighted by Gasteiger charge is -2.33. The number of morpholine rings is 2. The maximum Gasteiger partial charge on any atom is 0.225 e. The molecule has 69 heavy (non-hydrogen) atoms. The Hall–Kier alpha value is -5.82. The van der Waals surface area contributed by atoms with Crippen molar-refractivity contribution in [2.45, 2.75) is 84.2 Å². The number of piperidine rings is 2. The Bertz CT molecular complexity index is 2420. The Labute approximate surface area is 406 Å². The fourth-order valence-corrected chi connectivity index (χ4v) is 9.27. The van der Waals surface area contributed by atoms with E-state index < -0.39 is 0 Å². The molecule has 0 amide bonds. The molecule has 18 nitrogen and oxygen atoms in total. The van der Waals surface area contributed by atoms with Gasteiger partial charge in [-0.3, -0.25) is 4.90 Å². The van der Waals surface area contributed by atoms with Gasteiger partial charge in [0.1, 0.15) is 23.1 Å².